The topological polar surface area (TPSA) is 112 Å². The quantitative estimate of drug-likeness (QED) is 0.448. The van der Waals surface area contributed by atoms with Gasteiger partial charge in [0.25, 0.3) is 0 Å². The molecule has 0 spiro atoms. The molecule has 154 valence electrons. The van der Waals surface area contributed by atoms with Gasteiger partial charge >= 0.3 is 10.7 Å². The lowest BCUT2D eigenvalue weighted by Gasteiger charge is -2.09. The number of benzene rings is 1. The van der Waals surface area contributed by atoms with E-state index in [0.717, 1.165) is 43.0 Å². The first-order valence-corrected chi connectivity index (χ1v) is 11.2. The smallest absolute Gasteiger partial charge is 0.442 e. The summed E-state index contributed by atoms with van der Waals surface area (Å²) in [6.07, 6.45) is 4.00. The number of anilines is 1. The number of carbonyl (C=O) groups excluding carboxylic acids is 1. The zero-order valence-corrected chi connectivity index (χ0v) is 17.8. The highest BCUT2D eigenvalue weighted by molar-refractivity contribution is 7.99. The molecular formula is C20H19N4O4S2+. The Labute approximate surface area is 180 Å². The maximum absolute atomic E-state index is 12.5. The van der Waals surface area contributed by atoms with Crippen molar-refractivity contribution in [2.24, 2.45) is 0 Å². The Morgan fingerprint density at radius 3 is 2.87 bits per heavy atom. The Morgan fingerprint density at radius 1 is 1.37 bits per heavy atom. The maximum Gasteiger partial charge on any atom is 0.442 e. The van der Waals surface area contributed by atoms with Crippen LogP contribution in [-0.2, 0) is 17.6 Å². The van der Waals surface area contributed by atoms with E-state index in [1.54, 1.807) is 31.4 Å². The molecule has 0 saturated heterocycles. The second-order valence-corrected chi connectivity index (χ2v) is 8.75. The summed E-state index contributed by atoms with van der Waals surface area (Å²) in [7, 11) is 1.57. The molecular weight excluding hydrogens is 424 g/mol. The molecule has 0 unspecified atom stereocenters. The van der Waals surface area contributed by atoms with Gasteiger partial charge in [-0.3, -0.25) is 9.32 Å². The number of H-pyrrole nitrogens is 1. The Kier molecular flexibility index (Phi) is 5.92. The van der Waals surface area contributed by atoms with E-state index in [2.05, 4.69) is 16.7 Å². The molecule has 2 aromatic heterocycles. The predicted octanol–water partition coefficient (Wildman–Crippen LogP) is 2.80. The molecule has 30 heavy (non-hydrogen) atoms. The van der Waals surface area contributed by atoms with E-state index in [0.29, 0.717) is 22.0 Å². The highest BCUT2D eigenvalue weighted by atomic mass is 32.2. The van der Waals surface area contributed by atoms with Gasteiger partial charge in [-0.15, -0.1) is 11.3 Å². The van der Waals surface area contributed by atoms with Crippen LogP contribution in [0.25, 0.3) is 5.69 Å². The van der Waals surface area contributed by atoms with E-state index in [9.17, 15) is 14.9 Å². The van der Waals surface area contributed by atoms with E-state index in [1.165, 1.54) is 20.9 Å². The maximum atomic E-state index is 12.5. The van der Waals surface area contributed by atoms with Gasteiger partial charge in [0, 0.05) is 17.0 Å². The minimum atomic E-state index is -0.562. The molecule has 1 aromatic carbocycles. The van der Waals surface area contributed by atoms with Gasteiger partial charge in [-0.1, -0.05) is 0 Å². The summed E-state index contributed by atoms with van der Waals surface area (Å²) >= 11 is 2.54. The number of carbonyl (C=O) groups is 1. The molecule has 0 radical (unpaired) electrons. The van der Waals surface area contributed by atoms with Crippen molar-refractivity contribution in [3.63, 3.8) is 0 Å². The molecule has 10 heteroatoms. The molecule has 1 aliphatic carbocycles. The third-order valence-electron chi connectivity index (χ3n) is 4.81. The lowest BCUT2D eigenvalue weighted by atomic mass is 9.96. The lowest BCUT2D eigenvalue weighted by Crippen LogP contribution is -2.36. The molecule has 2 heterocycles. The zero-order chi connectivity index (χ0) is 21.1. The molecule has 0 fully saturated rings. The summed E-state index contributed by atoms with van der Waals surface area (Å²) in [5.41, 5.74) is 1.75. The van der Waals surface area contributed by atoms with Crippen LogP contribution in [0.1, 0.15) is 28.8 Å². The molecule has 8 nitrogen and oxygen atoms in total. The van der Waals surface area contributed by atoms with Crippen LogP contribution >= 0.6 is 23.1 Å². The summed E-state index contributed by atoms with van der Waals surface area (Å²) in [4.78, 5) is 25.8. The van der Waals surface area contributed by atoms with Crippen molar-refractivity contribution in [3.05, 3.63) is 50.7 Å². The minimum absolute atomic E-state index is 0.00615. The number of aromatic amines is 1. The molecule has 2 N–H and O–H groups in total. The number of thiophene rings is 1. The fourth-order valence-electron chi connectivity index (χ4n) is 3.36. The van der Waals surface area contributed by atoms with Gasteiger partial charge in [-0.2, -0.15) is 5.26 Å². The van der Waals surface area contributed by atoms with Crippen LogP contribution in [0.5, 0.6) is 5.75 Å². The van der Waals surface area contributed by atoms with E-state index >= 15 is 0 Å². The number of aromatic nitrogens is 2. The number of thioether (sulfide) groups is 1. The molecule has 0 atom stereocenters. The van der Waals surface area contributed by atoms with Gasteiger partial charge < -0.3 is 10.1 Å². The lowest BCUT2D eigenvalue weighted by molar-refractivity contribution is -0.704. The highest BCUT2D eigenvalue weighted by Crippen LogP contribution is 2.37. The number of hydrogen-bond acceptors (Lipinski definition) is 7. The standard InChI is InChI=1S/C20H18N4O4S2/c1-27-13-8-6-12(7-9-13)24-19(20(26)28-23-24)29-11-17(25)22-18-15(10-21)14-4-2-3-5-16(14)30-18/h6-9H,2-5,11H2,1H3,(H-,22,23,25,26)/p+1. The SMILES string of the molecule is COc1ccc(-[n+]2[nH]oc(=O)c2SCC(=O)Nc2sc3c(c2C#N)CCCC3)cc1. The number of fused-ring (bicyclic) bond motifs is 1. The highest BCUT2D eigenvalue weighted by Gasteiger charge is 2.26. The number of methoxy groups -OCH3 is 1. The third-order valence-corrected chi connectivity index (χ3v) is 7.05. The van der Waals surface area contributed by atoms with E-state index < -0.39 is 5.63 Å². The van der Waals surface area contributed by atoms with Gasteiger partial charge in [-0.25, -0.2) is 4.79 Å². The average Bonchev–Trinajstić information content (AvgIpc) is 3.31. The average molecular weight is 444 g/mol. The minimum Gasteiger partial charge on any atom is -0.497 e. The molecule has 1 amide bonds. The first kappa shape index (κ1) is 20.3. The summed E-state index contributed by atoms with van der Waals surface area (Å²) in [6, 6.07) is 9.29. The monoisotopic (exact) mass is 443 g/mol. The van der Waals surface area contributed by atoms with Crippen LogP contribution in [0.15, 0.2) is 38.6 Å². The van der Waals surface area contributed by atoms with E-state index in [1.807, 2.05) is 0 Å². The summed E-state index contributed by atoms with van der Waals surface area (Å²) in [5, 5.41) is 15.8. The largest absolute Gasteiger partial charge is 0.497 e. The van der Waals surface area contributed by atoms with Crippen LogP contribution < -0.4 is 20.4 Å². The Morgan fingerprint density at radius 2 is 2.13 bits per heavy atom. The van der Waals surface area contributed by atoms with Gasteiger partial charge in [-0.05, 0) is 65.1 Å². The molecule has 0 saturated carbocycles. The van der Waals surface area contributed by atoms with Gasteiger partial charge in [0.2, 0.25) is 11.6 Å². The first-order chi connectivity index (χ1) is 14.6. The molecule has 0 aliphatic heterocycles. The third kappa shape index (κ3) is 3.99. The van der Waals surface area contributed by atoms with Gasteiger partial charge in [0.05, 0.1) is 18.4 Å². The van der Waals surface area contributed by atoms with Crippen molar-refractivity contribution < 1.29 is 18.7 Å². The normalized spacial score (nSPS) is 12.8. The van der Waals surface area contributed by atoms with Crippen molar-refractivity contribution in [3.8, 4) is 17.5 Å². The van der Waals surface area contributed by atoms with Crippen LogP contribution in [0.3, 0.4) is 0 Å². The zero-order valence-electron chi connectivity index (χ0n) is 16.2. The van der Waals surface area contributed by atoms with Crippen molar-refractivity contribution in [2.75, 3.05) is 18.2 Å². The number of nitrogens with zero attached hydrogens (tertiary/aromatic N) is 2. The predicted molar refractivity (Wildman–Crippen MR) is 112 cm³/mol. The van der Waals surface area contributed by atoms with Gasteiger partial charge in [0.15, 0.2) is 0 Å². The van der Waals surface area contributed by atoms with Crippen LogP contribution in [0, 0.1) is 11.3 Å². The van der Waals surface area contributed by atoms with Crippen molar-refractivity contribution >= 4 is 34.0 Å². The number of nitriles is 1. The number of aryl methyl sites for hydroxylation is 1. The van der Waals surface area contributed by atoms with Crippen LogP contribution in [-0.4, -0.2) is 24.0 Å². The molecule has 4 rings (SSSR count). The number of rotatable bonds is 6. The van der Waals surface area contributed by atoms with Crippen molar-refractivity contribution in [2.45, 2.75) is 30.7 Å². The Hall–Kier alpha value is -3.03. The second kappa shape index (κ2) is 8.77. The van der Waals surface area contributed by atoms with Crippen LogP contribution in [0.2, 0.25) is 0 Å². The fraction of sp³-hybridized carbons (Fsp3) is 0.300. The second-order valence-electron chi connectivity index (χ2n) is 6.68. The number of amides is 1. The number of hydrogen-bond donors (Lipinski definition) is 2. The van der Waals surface area contributed by atoms with Crippen LogP contribution in [0.4, 0.5) is 5.00 Å². The molecule has 0 bridgehead atoms. The van der Waals surface area contributed by atoms with E-state index in [4.69, 9.17) is 9.26 Å². The van der Waals surface area contributed by atoms with Crippen molar-refractivity contribution in [1.29, 1.82) is 5.26 Å². The van der Waals surface area contributed by atoms with Crippen molar-refractivity contribution in [1.82, 2.24) is 5.27 Å². The number of ether oxygens (including phenoxy) is 1. The summed E-state index contributed by atoms with van der Waals surface area (Å²) < 4.78 is 11.5. The number of nitrogens with one attached hydrogen (secondary N) is 2. The summed E-state index contributed by atoms with van der Waals surface area (Å²) in [6.45, 7) is 0. The Bertz CT molecular complexity index is 1170. The molecule has 3 aromatic rings. The Balaban J connectivity index is 1.47. The van der Waals surface area contributed by atoms with E-state index in [-0.39, 0.29) is 16.7 Å². The molecule has 1 aliphatic rings. The first-order valence-electron chi connectivity index (χ1n) is 9.36. The summed E-state index contributed by atoms with van der Waals surface area (Å²) in [5.74, 6) is 0.411. The van der Waals surface area contributed by atoms with Gasteiger partial charge in [0.1, 0.15) is 16.8 Å². The fourth-order valence-corrected chi connectivity index (χ4v) is 5.38.